The Hall–Kier alpha value is -0.590. The maximum atomic E-state index is 3.95. The molecule has 1 heterocycles. The molecule has 0 aromatic heterocycles. The van der Waals surface area contributed by atoms with Crippen LogP contribution in [0.4, 0.5) is 0 Å². The summed E-state index contributed by atoms with van der Waals surface area (Å²) >= 11 is 0. The number of nitrogens with zero attached hydrogens (tertiary/aromatic N) is 1. The smallest absolute Gasteiger partial charge is 0.0576 e. The van der Waals surface area contributed by atoms with Crippen LogP contribution >= 0.6 is 0 Å². The van der Waals surface area contributed by atoms with Crippen LogP contribution in [0.15, 0.2) is 16.6 Å². The quantitative estimate of drug-likeness (QED) is 0.453. The van der Waals surface area contributed by atoms with E-state index >= 15 is 0 Å². The molecule has 1 rings (SSSR count). The first kappa shape index (κ1) is 7.41. The number of rotatable bonds is 0. The Kier molecular flexibility index (Phi) is 4.23. The van der Waals surface area contributed by atoms with Crippen LogP contribution in [0.5, 0.6) is 0 Å². The molecule has 0 saturated heterocycles. The standard InChI is InChI=1S/C5H7N.C2H6/c1-5-2-3-6-4-5;1-2/h2,4H,3H2,1H3;1-2H3. The molecule has 0 fully saturated rings. The highest BCUT2D eigenvalue weighted by Gasteiger charge is 1.85. The van der Waals surface area contributed by atoms with Gasteiger partial charge in [0.2, 0.25) is 0 Å². The van der Waals surface area contributed by atoms with Crippen molar-refractivity contribution in [3.05, 3.63) is 11.6 Å². The highest BCUT2D eigenvalue weighted by molar-refractivity contribution is 5.79. The Morgan fingerprint density at radius 2 is 2.12 bits per heavy atom. The predicted octanol–water partition coefficient (Wildman–Crippen LogP) is 2.04. The van der Waals surface area contributed by atoms with Crippen LogP contribution in [0, 0.1) is 0 Å². The average Bonchev–Trinajstić information content (AvgIpc) is 2.24. The van der Waals surface area contributed by atoms with Crippen molar-refractivity contribution in [2.45, 2.75) is 20.8 Å². The highest BCUT2D eigenvalue weighted by atomic mass is 14.7. The van der Waals surface area contributed by atoms with Crippen LogP contribution in [0.1, 0.15) is 20.8 Å². The summed E-state index contributed by atoms with van der Waals surface area (Å²) in [5.41, 5.74) is 1.29. The summed E-state index contributed by atoms with van der Waals surface area (Å²) in [5.74, 6) is 0. The summed E-state index contributed by atoms with van der Waals surface area (Å²) in [4.78, 5) is 3.95. The molecule has 0 unspecified atom stereocenters. The van der Waals surface area contributed by atoms with E-state index in [1.807, 2.05) is 20.1 Å². The van der Waals surface area contributed by atoms with Gasteiger partial charge in [-0.1, -0.05) is 19.9 Å². The molecule has 0 saturated carbocycles. The summed E-state index contributed by atoms with van der Waals surface area (Å²) in [7, 11) is 0. The first-order chi connectivity index (χ1) is 3.89. The lowest BCUT2D eigenvalue weighted by Crippen LogP contribution is -1.63. The van der Waals surface area contributed by atoms with Gasteiger partial charge in [0.1, 0.15) is 0 Å². The zero-order chi connectivity index (χ0) is 6.41. The van der Waals surface area contributed by atoms with Crippen molar-refractivity contribution in [2.24, 2.45) is 4.99 Å². The maximum Gasteiger partial charge on any atom is 0.0576 e. The van der Waals surface area contributed by atoms with Gasteiger partial charge in [-0.3, -0.25) is 4.99 Å². The van der Waals surface area contributed by atoms with Crippen LogP contribution in [0.2, 0.25) is 0 Å². The zero-order valence-electron chi connectivity index (χ0n) is 5.81. The molecule has 0 bridgehead atoms. The van der Waals surface area contributed by atoms with Crippen molar-refractivity contribution >= 4 is 6.21 Å². The number of hydrogen-bond acceptors (Lipinski definition) is 1. The van der Waals surface area contributed by atoms with E-state index in [-0.39, 0.29) is 0 Å². The Balaban J connectivity index is 0.000000222. The van der Waals surface area contributed by atoms with E-state index in [0.717, 1.165) is 6.54 Å². The van der Waals surface area contributed by atoms with Crippen molar-refractivity contribution in [1.29, 1.82) is 0 Å². The van der Waals surface area contributed by atoms with Gasteiger partial charge in [-0.25, -0.2) is 0 Å². The van der Waals surface area contributed by atoms with Gasteiger partial charge in [0.25, 0.3) is 0 Å². The molecular weight excluding hydrogens is 98.1 g/mol. The molecule has 1 aliphatic heterocycles. The van der Waals surface area contributed by atoms with Crippen LogP contribution < -0.4 is 0 Å². The molecule has 0 aromatic rings. The molecule has 1 heteroatoms. The van der Waals surface area contributed by atoms with Crippen LogP contribution in [-0.4, -0.2) is 12.8 Å². The molecule has 0 aromatic carbocycles. The van der Waals surface area contributed by atoms with Gasteiger partial charge in [-0.05, 0) is 12.5 Å². The van der Waals surface area contributed by atoms with Crippen molar-refractivity contribution in [2.75, 3.05) is 6.54 Å². The molecule has 0 atom stereocenters. The second-order valence-corrected chi connectivity index (χ2v) is 1.44. The second kappa shape index (κ2) is 4.57. The van der Waals surface area contributed by atoms with Gasteiger partial charge < -0.3 is 0 Å². The van der Waals surface area contributed by atoms with Gasteiger partial charge in [-0.15, -0.1) is 0 Å². The molecule has 1 nitrogen and oxygen atoms in total. The van der Waals surface area contributed by atoms with Crippen molar-refractivity contribution in [3.8, 4) is 0 Å². The largest absolute Gasteiger partial charge is 0.289 e. The fourth-order valence-electron chi connectivity index (χ4n) is 0.446. The van der Waals surface area contributed by atoms with Crippen LogP contribution in [0.25, 0.3) is 0 Å². The summed E-state index contributed by atoms with van der Waals surface area (Å²) < 4.78 is 0. The SMILES string of the molecule is CC.CC1=CCN=C1. The lowest BCUT2D eigenvalue weighted by Gasteiger charge is -1.69. The Morgan fingerprint density at radius 3 is 2.25 bits per heavy atom. The lowest BCUT2D eigenvalue weighted by molar-refractivity contribution is 1.29. The number of aliphatic imine (C=N–C) groups is 1. The first-order valence-electron chi connectivity index (χ1n) is 3.06. The summed E-state index contributed by atoms with van der Waals surface area (Å²) in [6.45, 7) is 6.95. The molecular formula is C7H13N. The van der Waals surface area contributed by atoms with E-state index in [1.54, 1.807) is 0 Å². The third-order valence-corrected chi connectivity index (χ3v) is 0.814. The highest BCUT2D eigenvalue weighted by Crippen LogP contribution is 1.93. The van der Waals surface area contributed by atoms with Crippen LogP contribution in [-0.2, 0) is 0 Å². The lowest BCUT2D eigenvalue weighted by atomic mass is 10.3. The normalized spacial score (nSPS) is 14.6. The second-order valence-electron chi connectivity index (χ2n) is 1.44. The molecule has 0 aliphatic carbocycles. The third-order valence-electron chi connectivity index (χ3n) is 0.814. The molecule has 8 heavy (non-hydrogen) atoms. The minimum absolute atomic E-state index is 0.895. The van der Waals surface area contributed by atoms with E-state index in [4.69, 9.17) is 0 Å². The van der Waals surface area contributed by atoms with Gasteiger partial charge in [-0.2, -0.15) is 0 Å². The molecule has 0 spiro atoms. The zero-order valence-corrected chi connectivity index (χ0v) is 5.81. The van der Waals surface area contributed by atoms with Crippen molar-refractivity contribution in [1.82, 2.24) is 0 Å². The molecule has 0 radical (unpaired) electrons. The summed E-state index contributed by atoms with van der Waals surface area (Å²) in [6, 6.07) is 0. The minimum Gasteiger partial charge on any atom is -0.289 e. The van der Waals surface area contributed by atoms with Crippen LogP contribution in [0.3, 0.4) is 0 Å². The van der Waals surface area contributed by atoms with E-state index < -0.39 is 0 Å². The third kappa shape index (κ3) is 2.56. The molecule has 0 amide bonds. The maximum absolute atomic E-state index is 3.95. The van der Waals surface area contributed by atoms with E-state index in [2.05, 4.69) is 18.0 Å². The van der Waals surface area contributed by atoms with E-state index in [0.29, 0.717) is 0 Å². The van der Waals surface area contributed by atoms with E-state index in [9.17, 15) is 0 Å². The average molecular weight is 111 g/mol. The number of allylic oxidation sites excluding steroid dienone is 1. The minimum atomic E-state index is 0.895. The fraction of sp³-hybridized carbons (Fsp3) is 0.571. The summed E-state index contributed by atoms with van der Waals surface area (Å²) in [5, 5.41) is 0. The number of hydrogen-bond donors (Lipinski definition) is 0. The predicted molar refractivity (Wildman–Crippen MR) is 38.5 cm³/mol. The van der Waals surface area contributed by atoms with E-state index in [1.165, 1.54) is 5.57 Å². The Morgan fingerprint density at radius 1 is 1.50 bits per heavy atom. The van der Waals surface area contributed by atoms with Gasteiger partial charge in [0.15, 0.2) is 0 Å². The van der Waals surface area contributed by atoms with Gasteiger partial charge >= 0.3 is 0 Å². The fourth-order valence-corrected chi connectivity index (χ4v) is 0.446. The van der Waals surface area contributed by atoms with Gasteiger partial charge in [0, 0.05) is 6.21 Å². The topological polar surface area (TPSA) is 12.4 Å². The van der Waals surface area contributed by atoms with Gasteiger partial charge in [0.05, 0.1) is 6.54 Å². The monoisotopic (exact) mass is 111 g/mol. The Labute approximate surface area is 51.1 Å². The molecule has 1 aliphatic rings. The Bertz CT molecular complexity index is 98.2. The van der Waals surface area contributed by atoms with Crippen molar-refractivity contribution < 1.29 is 0 Å². The molecule has 0 N–H and O–H groups in total. The first-order valence-corrected chi connectivity index (χ1v) is 3.06. The van der Waals surface area contributed by atoms with Crippen molar-refractivity contribution in [3.63, 3.8) is 0 Å². The summed E-state index contributed by atoms with van der Waals surface area (Å²) in [6.07, 6.45) is 3.99. The molecule has 46 valence electrons.